The minimum absolute atomic E-state index is 0.223. The fourth-order valence-electron chi connectivity index (χ4n) is 3.08. The Bertz CT molecular complexity index is 885. The van der Waals surface area contributed by atoms with Gasteiger partial charge in [-0.1, -0.05) is 25.0 Å². The summed E-state index contributed by atoms with van der Waals surface area (Å²) < 4.78 is 0.863. The number of nitriles is 1. The van der Waals surface area contributed by atoms with Crippen molar-refractivity contribution in [3.63, 3.8) is 0 Å². The van der Waals surface area contributed by atoms with E-state index in [2.05, 4.69) is 39.3 Å². The first-order chi connectivity index (χ1) is 12.6. The summed E-state index contributed by atoms with van der Waals surface area (Å²) in [5.41, 5.74) is 2.42. The van der Waals surface area contributed by atoms with E-state index in [1.165, 1.54) is 17.7 Å². The molecule has 0 spiro atoms. The number of hydrogen-bond acceptors (Lipinski definition) is 4. The molecule has 0 bridgehead atoms. The van der Waals surface area contributed by atoms with Crippen LogP contribution in [0.25, 0.3) is 0 Å². The summed E-state index contributed by atoms with van der Waals surface area (Å²) in [5, 5.41) is 16.4. The van der Waals surface area contributed by atoms with Crippen molar-refractivity contribution in [2.24, 2.45) is 0 Å². The number of hydrogen-bond donors (Lipinski definition) is 2. The molecule has 0 fully saturated rings. The van der Waals surface area contributed by atoms with Crippen molar-refractivity contribution in [3.05, 3.63) is 49.4 Å². The van der Waals surface area contributed by atoms with Crippen molar-refractivity contribution in [1.29, 1.82) is 5.26 Å². The van der Waals surface area contributed by atoms with Gasteiger partial charge in [0, 0.05) is 8.45 Å². The van der Waals surface area contributed by atoms with Crippen LogP contribution in [0.2, 0.25) is 0 Å². The molecule has 134 valence electrons. The predicted octanol–water partition coefficient (Wildman–Crippen LogP) is 5.01. The van der Waals surface area contributed by atoms with Gasteiger partial charge in [-0.2, -0.15) is 5.26 Å². The number of carbonyl (C=O) groups is 1. The van der Waals surface area contributed by atoms with E-state index in [4.69, 9.17) is 12.2 Å². The Hall–Kier alpha value is -1.50. The molecule has 0 radical (unpaired) electrons. The van der Waals surface area contributed by atoms with Crippen LogP contribution < -0.4 is 10.6 Å². The maximum atomic E-state index is 12.4. The molecule has 3 rings (SSSR count). The topological polar surface area (TPSA) is 64.9 Å². The van der Waals surface area contributed by atoms with E-state index in [1.807, 2.05) is 18.2 Å². The third-order valence-corrected chi connectivity index (χ3v) is 6.71. The molecule has 2 aromatic rings. The third kappa shape index (κ3) is 4.42. The standard InChI is InChI=1S/C19H18IN3OS2/c20-15-9-6-5-8-13(15)17(24)22-19(25)23-18-14(11-21)12-7-3-1-2-4-10-16(12)26-18/h5-6,8-9H,1-4,7,10H2,(H2,22,23,24,25). The van der Waals surface area contributed by atoms with E-state index in [0.717, 1.165) is 39.8 Å². The number of amides is 1. The number of anilines is 1. The van der Waals surface area contributed by atoms with Gasteiger partial charge in [-0.25, -0.2) is 0 Å². The van der Waals surface area contributed by atoms with Crippen molar-refractivity contribution in [2.75, 3.05) is 5.32 Å². The molecule has 1 aromatic heterocycles. The van der Waals surface area contributed by atoms with Crippen LogP contribution in [0.5, 0.6) is 0 Å². The van der Waals surface area contributed by atoms with Crippen LogP contribution in [0.4, 0.5) is 5.00 Å². The number of nitrogens with zero attached hydrogens (tertiary/aromatic N) is 1. The summed E-state index contributed by atoms with van der Waals surface area (Å²) in [4.78, 5) is 13.7. The molecule has 0 atom stereocenters. The quantitative estimate of drug-likeness (QED) is 0.454. The first-order valence-corrected chi connectivity index (χ1v) is 10.8. The molecule has 0 aliphatic heterocycles. The Kier molecular flexibility index (Phi) is 6.62. The van der Waals surface area contributed by atoms with Crippen LogP contribution in [0.15, 0.2) is 24.3 Å². The lowest BCUT2D eigenvalue weighted by molar-refractivity contribution is 0.0977. The number of halogens is 1. The summed E-state index contributed by atoms with van der Waals surface area (Å²) in [7, 11) is 0. The Balaban J connectivity index is 1.75. The summed E-state index contributed by atoms with van der Waals surface area (Å²) in [5.74, 6) is -0.249. The molecule has 0 saturated carbocycles. The number of nitrogens with one attached hydrogen (secondary N) is 2. The number of rotatable bonds is 2. The second-order valence-corrected chi connectivity index (χ2v) is 8.80. The number of fused-ring (bicyclic) bond motifs is 1. The second-order valence-electron chi connectivity index (χ2n) is 6.12. The van der Waals surface area contributed by atoms with Gasteiger partial charge in [0.2, 0.25) is 0 Å². The van der Waals surface area contributed by atoms with E-state index >= 15 is 0 Å². The molecule has 1 aromatic carbocycles. The number of thiophene rings is 1. The molecule has 2 N–H and O–H groups in total. The maximum absolute atomic E-state index is 12.4. The smallest absolute Gasteiger partial charge is 0.258 e. The molecule has 4 nitrogen and oxygen atoms in total. The van der Waals surface area contributed by atoms with Gasteiger partial charge in [0.1, 0.15) is 11.1 Å². The lowest BCUT2D eigenvalue weighted by Crippen LogP contribution is -2.34. The lowest BCUT2D eigenvalue weighted by Gasteiger charge is -2.10. The maximum Gasteiger partial charge on any atom is 0.258 e. The van der Waals surface area contributed by atoms with Gasteiger partial charge in [-0.05, 0) is 78.2 Å². The molecule has 1 amide bonds. The van der Waals surface area contributed by atoms with Crippen LogP contribution >= 0.6 is 46.1 Å². The molecule has 26 heavy (non-hydrogen) atoms. The minimum Gasteiger partial charge on any atom is -0.323 e. The number of benzene rings is 1. The van der Waals surface area contributed by atoms with Gasteiger partial charge >= 0.3 is 0 Å². The summed E-state index contributed by atoms with van der Waals surface area (Å²) in [6.45, 7) is 0. The molecule has 0 unspecified atom stereocenters. The van der Waals surface area contributed by atoms with Crippen LogP contribution in [0.1, 0.15) is 52.0 Å². The third-order valence-electron chi connectivity index (χ3n) is 4.36. The monoisotopic (exact) mass is 495 g/mol. The van der Waals surface area contributed by atoms with Crippen molar-refractivity contribution < 1.29 is 4.79 Å². The predicted molar refractivity (Wildman–Crippen MR) is 118 cm³/mol. The first kappa shape index (κ1) is 19.3. The average Bonchev–Trinajstić information content (AvgIpc) is 2.90. The molecule has 0 saturated heterocycles. The lowest BCUT2D eigenvalue weighted by atomic mass is 9.97. The number of thiocarbonyl (C=S) groups is 1. The normalized spacial score (nSPS) is 13.7. The van der Waals surface area contributed by atoms with Gasteiger partial charge in [-0.15, -0.1) is 11.3 Å². The van der Waals surface area contributed by atoms with Crippen LogP contribution in [0, 0.1) is 14.9 Å². The highest BCUT2D eigenvalue weighted by Gasteiger charge is 2.20. The summed E-state index contributed by atoms with van der Waals surface area (Å²) >= 11 is 9.02. The highest BCUT2D eigenvalue weighted by molar-refractivity contribution is 14.1. The molecular formula is C19H18IN3OS2. The van der Waals surface area contributed by atoms with E-state index < -0.39 is 0 Å². The molecule has 1 aliphatic rings. The largest absolute Gasteiger partial charge is 0.323 e. The Morgan fingerprint density at radius 2 is 1.92 bits per heavy atom. The SMILES string of the molecule is N#Cc1c(NC(=S)NC(=O)c2ccccc2I)sc2c1CCCCCC2. The zero-order valence-corrected chi connectivity index (χ0v) is 17.9. The van der Waals surface area contributed by atoms with Gasteiger partial charge in [0.05, 0.1) is 11.1 Å². The van der Waals surface area contributed by atoms with Crippen LogP contribution in [0.3, 0.4) is 0 Å². The zero-order chi connectivity index (χ0) is 18.5. The molecule has 7 heteroatoms. The molecule has 1 heterocycles. The van der Waals surface area contributed by atoms with Gasteiger partial charge in [0.25, 0.3) is 5.91 Å². The first-order valence-electron chi connectivity index (χ1n) is 8.51. The summed E-state index contributed by atoms with van der Waals surface area (Å²) in [6, 6.07) is 9.67. The van der Waals surface area contributed by atoms with E-state index in [9.17, 15) is 10.1 Å². The molecular weight excluding hydrogens is 477 g/mol. The number of carbonyl (C=O) groups excluding carboxylic acids is 1. The fourth-order valence-corrected chi connectivity index (χ4v) is 5.21. The van der Waals surface area contributed by atoms with E-state index in [0.29, 0.717) is 11.1 Å². The van der Waals surface area contributed by atoms with Gasteiger partial charge < -0.3 is 5.32 Å². The van der Waals surface area contributed by atoms with E-state index in [1.54, 1.807) is 17.4 Å². The minimum atomic E-state index is -0.249. The zero-order valence-electron chi connectivity index (χ0n) is 14.1. The van der Waals surface area contributed by atoms with Crippen LogP contribution in [-0.4, -0.2) is 11.0 Å². The van der Waals surface area contributed by atoms with Crippen molar-refractivity contribution in [2.45, 2.75) is 38.5 Å². The van der Waals surface area contributed by atoms with Crippen molar-refractivity contribution in [3.8, 4) is 6.07 Å². The molecule has 1 aliphatic carbocycles. The fraction of sp³-hybridized carbons (Fsp3) is 0.316. The number of aryl methyl sites for hydroxylation is 1. The summed E-state index contributed by atoms with van der Waals surface area (Å²) in [6.07, 6.45) is 6.69. The van der Waals surface area contributed by atoms with Crippen molar-refractivity contribution >= 4 is 62.2 Å². The Labute approximate surface area is 176 Å². The average molecular weight is 495 g/mol. The van der Waals surface area contributed by atoms with Gasteiger partial charge in [0.15, 0.2) is 5.11 Å². The van der Waals surface area contributed by atoms with E-state index in [-0.39, 0.29) is 11.0 Å². The Morgan fingerprint density at radius 1 is 1.19 bits per heavy atom. The highest BCUT2D eigenvalue weighted by Crippen LogP contribution is 2.36. The second kappa shape index (κ2) is 8.93. The van der Waals surface area contributed by atoms with Crippen LogP contribution in [-0.2, 0) is 12.8 Å². The van der Waals surface area contributed by atoms with Crippen molar-refractivity contribution in [1.82, 2.24) is 5.32 Å². The Morgan fingerprint density at radius 3 is 2.65 bits per heavy atom. The van der Waals surface area contributed by atoms with Gasteiger partial charge in [-0.3, -0.25) is 10.1 Å². The highest BCUT2D eigenvalue weighted by atomic mass is 127.